The van der Waals surface area contributed by atoms with Crippen LogP contribution in [0.4, 0.5) is 10.1 Å². The van der Waals surface area contributed by atoms with Crippen LogP contribution in [-0.2, 0) is 9.59 Å². The van der Waals surface area contributed by atoms with Crippen LogP contribution in [0.15, 0.2) is 48.5 Å². The third-order valence-corrected chi connectivity index (χ3v) is 5.83. The standard InChI is InChI=1S/C27H25FN4O5/c1-15-23(14-21-20-13-18(28)6-9-22(20)31-26(21)34)30-16(2)25(15)27(35)29-11-12-37-19-7-3-17(4-8-19)5-10-24(33)32-36/h3-10,13-14,30,36H,11-12H2,1-2H3,(H,29,35)(H,31,34)(H,32,33). The smallest absolute Gasteiger partial charge is 0.267 e. The number of nitrogens with one attached hydrogen (secondary N) is 4. The number of rotatable bonds is 8. The van der Waals surface area contributed by atoms with Crippen LogP contribution in [0.25, 0.3) is 17.7 Å². The van der Waals surface area contributed by atoms with Crippen LogP contribution in [0.5, 0.6) is 5.75 Å². The number of benzene rings is 2. The Kier molecular flexibility index (Phi) is 7.49. The van der Waals surface area contributed by atoms with E-state index in [0.717, 1.165) is 5.56 Å². The van der Waals surface area contributed by atoms with Crippen LogP contribution in [0, 0.1) is 19.7 Å². The second kappa shape index (κ2) is 10.9. The molecule has 3 aromatic rings. The third kappa shape index (κ3) is 5.76. The molecule has 4 rings (SSSR count). The summed E-state index contributed by atoms with van der Waals surface area (Å²) >= 11 is 0. The molecule has 0 aliphatic carbocycles. The van der Waals surface area contributed by atoms with E-state index in [1.165, 1.54) is 35.8 Å². The molecule has 5 N–H and O–H groups in total. The van der Waals surface area contributed by atoms with Gasteiger partial charge in [0.15, 0.2) is 0 Å². The summed E-state index contributed by atoms with van der Waals surface area (Å²) in [6.07, 6.45) is 4.36. The molecule has 190 valence electrons. The Hall–Kier alpha value is -4.70. The summed E-state index contributed by atoms with van der Waals surface area (Å²) in [6, 6.07) is 11.0. The van der Waals surface area contributed by atoms with Crippen LogP contribution >= 0.6 is 0 Å². The summed E-state index contributed by atoms with van der Waals surface area (Å²) in [5.74, 6) is -1.10. The Morgan fingerprint density at radius 2 is 1.89 bits per heavy atom. The molecular formula is C27H25FN4O5. The highest BCUT2D eigenvalue weighted by molar-refractivity contribution is 6.34. The van der Waals surface area contributed by atoms with Crippen LogP contribution in [0.3, 0.4) is 0 Å². The fourth-order valence-corrected chi connectivity index (χ4v) is 4.01. The monoisotopic (exact) mass is 504 g/mol. The van der Waals surface area contributed by atoms with Gasteiger partial charge >= 0.3 is 0 Å². The van der Waals surface area contributed by atoms with E-state index in [1.54, 1.807) is 44.2 Å². The highest BCUT2D eigenvalue weighted by atomic mass is 19.1. The molecule has 2 aromatic carbocycles. The summed E-state index contributed by atoms with van der Waals surface area (Å²) in [5.41, 5.74) is 5.95. The van der Waals surface area contributed by atoms with Crippen molar-refractivity contribution in [2.75, 3.05) is 18.5 Å². The zero-order valence-electron chi connectivity index (χ0n) is 20.1. The molecule has 2 heterocycles. The van der Waals surface area contributed by atoms with Gasteiger partial charge in [-0.2, -0.15) is 0 Å². The number of amides is 3. The van der Waals surface area contributed by atoms with Gasteiger partial charge in [0.2, 0.25) is 0 Å². The van der Waals surface area contributed by atoms with Crippen molar-refractivity contribution in [3.63, 3.8) is 0 Å². The number of fused-ring (bicyclic) bond motifs is 1. The minimum absolute atomic E-state index is 0.232. The number of aromatic nitrogens is 1. The molecule has 0 unspecified atom stereocenters. The van der Waals surface area contributed by atoms with E-state index in [9.17, 15) is 18.8 Å². The van der Waals surface area contributed by atoms with Crippen molar-refractivity contribution in [1.82, 2.24) is 15.8 Å². The first-order valence-electron chi connectivity index (χ1n) is 11.4. The first kappa shape index (κ1) is 25.4. The molecule has 37 heavy (non-hydrogen) atoms. The lowest BCUT2D eigenvalue weighted by molar-refractivity contribution is -0.124. The molecule has 10 heteroatoms. The number of anilines is 1. The minimum atomic E-state index is -0.627. The number of hydrogen-bond acceptors (Lipinski definition) is 5. The lowest BCUT2D eigenvalue weighted by atomic mass is 10.0. The van der Waals surface area contributed by atoms with Gasteiger partial charge in [0.1, 0.15) is 18.2 Å². The zero-order valence-corrected chi connectivity index (χ0v) is 20.1. The second-order valence-electron chi connectivity index (χ2n) is 8.35. The predicted octanol–water partition coefficient (Wildman–Crippen LogP) is 3.59. The van der Waals surface area contributed by atoms with Crippen molar-refractivity contribution in [3.05, 3.63) is 88.0 Å². The Morgan fingerprint density at radius 3 is 2.62 bits per heavy atom. The number of aromatic amines is 1. The second-order valence-corrected chi connectivity index (χ2v) is 8.35. The van der Waals surface area contributed by atoms with Crippen molar-refractivity contribution >= 4 is 41.1 Å². The van der Waals surface area contributed by atoms with E-state index in [1.807, 2.05) is 0 Å². The molecule has 0 atom stereocenters. The molecular weight excluding hydrogens is 479 g/mol. The average Bonchev–Trinajstić information content (AvgIpc) is 3.34. The molecule has 0 saturated carbocycles. The summed E-state index contributed by atoms with van der Waals surface area (Å²) in [5, 5.41) is 14.0. The normalized spacial score (nSPS) is 13.5. The van der Waals surface area contributed by atoms with Crippen molar-refractivity contribution in [3.8, 4) is 5.75 Å². The molecule has 1 aliphatic heterocycles. The molecule has 0 radical (unpaired) electrons. The van der Waals surface area contributed by atoms with Gasteiger partial charge in [-0.3, -0.25) is 19.6 Å². The molecule has 0 fully saturated rings. The van der Waals surface area contributed by atoms with Gasteiger partial charge in [-0.15, -0.1) is 0 Å². The van der Waals surface area contributed by atoms with E-state index in [2.05, 4.69) is 15.6 Å². The summed E-state index contributed by atoms with van der Waals surface area (Å²) in [7, 11) is 0. The fraction of sp³-hybridized carbons (Fsp3) is 0.148. The van der Waals surface area contributed by atoms with Crippen molar-refractivity contribution in [1.29, 1.82) is 0 Å². The Bertz CT molecular complexity index is 1420. The quantitative estimate of drug-likeness (QED) is 0.138. The highest BCUT2D eigenvalue weighted by Crippen LogP contribution is 2.34. The van der Waals surface area contributed by atoms with Crippen molar-refractivity contribution in [2.24, 2.45) is 0 Å². The number of hydrogen-bond donors (Lipinski definition) is 5. The average molecular weight is 505 g/mol. The summed E-state index contributed by atoms with van der Waals surface area (Å²) in [4.78, 5) is 39.5. The minimum Gasteiger partial charge on any atom is -0.492 e. The molecule has 1 aliphatic rings. The van der Waals surface area contributed by atoms with Gasteiger partial charge in [-0.1, -0.05) is 12.1 Å². The predicted molar refractivity (Wildman–Crippen MR) is 136 cm³/mol. The maximum Gasteiger partial charge on any atom is 0.267 e. The maximum absolute atomic E-state index is 13.7. The molecule has 1 aromatic heterocycles. The van der Waals surface area contributed by atoms with Crippen molar-refractivity contribution < 1.29 is 28.7 Å². The number of carbonyl (C=O) groups is 3. The summed E-state index contributed by atoms with van der Waals surface area (Å²) in [6.45, 7) is 4.03. The van der Waals surface area contributed by atoms with Crippen molar-refractivity contribution in [2.45, 2.75) is 13.8 Å². The highest BCUT2D eigenvalue weighted by Gasteiger charge is 2.26. The number of halogens is 1. The third-order valence-electron chi connectivity index (χ3n) is 5.83. The number of H-pyrrole nitrogens is 1. The largest absolute Gasteiger partial charge is 0.492 e. The van der Waals surface area contributed by atoms with Gasteiger partial charge in [0.05, 0.1) is 17.7 Å². The van der Waals surface area contributed by atoms with Gasteiger partial charge < -0.3 is 20.4 Å². The number of hydroxylamine groups is 1. The van der Waals surface area contributed by atoms with Crippen LogP contribution in [-0.4, -0.2) is 41.1 Å². The van der Waals surface area contributed by atoms with Crippen LogP contribution < -0.4 is 20.9 Å². The molecule has 0 bridgehead atoms. The lowest BCUT2D eigenvalue weighted by Gasteiger charge is -2.09. The Labute approximate surface area is 212 Å². The molecule has 3 amide bonds. The van der Waals surface area contributed by atoms with E-state index in [4.69, 9.17) is 9.94 Å². The molecule has 0 saturated heterocycles. The van der Waals surface area contributed by atoms with Crippen LogP contribution in [0.1, 0.15) is 38.4 Å². The fourth-order valence-electron chi connectivity index (χ4n) is 4.01. The molecule has 9 nitrogen and oxygen atoms in total. The molecule has 0 spiro atoms. The van der Waals surface area contributed by atoms with E-state index in [0.29, 0.717) is 45.1 Å². The first-order chi connectivity index (χ1) is 17.8. The number of aryl methyl sites for hydroxylation is 1. The van der Waals surface area contributed by atoms with E-state index >= 15 is 0 Å². The van der Waals surface area contributed by atoms with Gasteiger partial charge in [0.25, 0.3) is 17.7 Å². The van der Waals surface area contributed by atoms with E-state index < -0.39 is 11.7 Å². The topological polar surface area (TPSA) is 133 Å². The maximum atomic E-state index is 13.7. The SMILES string of the molecule is Cc1[nH]c(C=C2C(=O)Nc3ccc(F)cc32)c(C)c1C(=O)NCCOc1ccc(C=CC(=O)NO)cc1. The van der Waals surface area contributed by atoms with Gasteiger partial charge in [-0.25, -0.2) is 9.87 Å². The number of ether oxygens (including phenoxy) is 1. The van der Waals surface area contributed by atoms with Gasteiger partial charge in [-0.05, 0) is 67.5 Å². The van der Waals surface area contributed by atoms with Gasteiger partial charge in [0, 0.05) is 28.7 Å². The van der Waals surface area contributed by atoms with Crippen LogP contribution in [0.2, 0.25) is 0 Å². The number of carbonyl (C=O) groups excluding carboxylic acids is 3. The lowest BCUT2D eigenvalue weighted by Crippen LogP contribution is -2.28. The summed E-state index contributed by atoms with van der Waals surface area (Å²) < 4.78 is 19.4. The van der Waals surface area contributed by atoms with E-state index in [-0.39, 0.29) is 25.0 Å². The Morgan fingerprint density at radius 1 is 1.14 bits per heavy atom. The Balaban J connectivity index is 1.37. The first-order valence-corrected chi connectivity index (χ1v) is 11.4. The zero-order chi connectivity index (χ0) is 26.5.